The first-order valence-electron chi connectivity index (χ1n) is 6.30. The maximum atomic E-state index is 12.8. The molecule has 1 aliphatic rings. The summed E-state index contributed by atoms with van der Waals surface area (Å²) in [4.78, 5) is 13.1. The molecule has 5 nitrogen and oxygen atoms in total. The Morgan fingerprint density at radius 3 is 2.50 bits per heavy atom. The minimum absolute atomic E-state index is 0.0280. The molecule has 0 radical (unpaired) electrons. The van der Waals surface area contributed by atoms with Crippen molar-refractivity contribution in [3.8, 4) is 0 Å². The number of rotatable bonds is 5. The van der Waals surface area contributed by atoms with E-state index in [1.807, 2.05) is 0 Å². The summed E-state index contributed by atoms with van der Waals surface area (Å²) in [5.41, 5.74) is 0. The molecule has 1 fully saturated rings. The fourth-order valence-corrected chi connectivity index (χ4v) is 3.59. The van der Waals surface area contributed by atoms with Crippen molar-refractivity contribution >= 4 is 15.7 Å². The summed E-state index contributed by atoms with van der Waals surface area (Å²) in [5, 5.41) is -0.626. The number of likely N-dealkylation sites (tertiary alicyclic amines) is 1. The average molecular weight is 301 g/mol. The van der Waals surface area contributed by atoms with Crippen molar-refractivity contribution in [3.63, 3.8) is 0 Å². The molecule has 1 amide bonds. The zero-order valence-corrected chi connectivity index (χ0v) is 11.9. The molecule has 7 heteroatoms. The molecule has 0 N–H and O–H groups in total. The highest BCUT2D eigenvalue weighted by molar-refractivity contribution is 7.92. The van der Waals surface area contributed by atoms with E-state index in [9.17, 15) is 17.6 Å². The standard InChI is InChI=1S/C13H16FNO4S/c1-2-19-9-13(16)15-7-12(8-15)20(17,18)11-5-3-10(14)4-6-11/h3-6,12H,2,7-9H2,1H3. The first kappa shape index (κ1) is 14.9. The Kier molecular flexibility index (Phi) is 4.39. The van der Waals surface area contributed by atoms with Crippen LogP contribution in [0.3, 0.4) is 0 Å². The van der Waals surface area contributed by atoms with Crippen molar-refractivity contribution in [2.24, 2.45) is 0 Å². The maximum Gasteiger partial charge on any atom is 0.248 e. The zero-order chi connectivity index (χ0) is 14.8. The molecule has 1 heterocycles. The predicted molar refractivity (Wildman–Crippen MR) is 70.4 cm³/mol. The van der Waals surface area contributed by atoms with Gasteiger partial charge in [-0.25, -0.2) is 12.8 Å². The Morgan fingerprint density at radius 2 is 1.95 bits per heavy atom. The molecule has 2 rings (SSSR count). The summed E-state index contributed by atoms with van der Waals surface area (Å²) >= 11 is 0. The lowest BCUT2D eigenvalue weighted by Crippen LogP contribution is -2.57. The molecule has 1 saturated heterocycles. The van der Waals surface area contributed by atoms with Gasteiger partial charge in [0.1, 0.15) is 17.7 Å². The van der Waals surface area contributed by atoms with E-state index in [-0.39, 0.29) is 30.5 Å². The number of hydrogen-bond acceptors (Lipinski definition) is 4. The Labute approximate surface area is 117 Å². The third-order valence-electron chi connectivity index (χ3n) is 3.21. The van der Waals surface area contributed by atoms with E-state index in [0.29, 0.717) is 6.61 Å². The van der Waals surface area contributed by atoms with Crippen molar-refractivity contribution in [2.45, 2.75) is 17.1 Å². The number of carbonyl (C=O) groups is 1. The summed E-state index contributed by atoms with van der Waals surface area (Å²) in [6, 6.07) is 4.72. The fraction of sp³-hybridized carbons (Fsp3) is 0.462. The molecule has 20 heavy (non-hydrogen) atoms. The van der Waals surface area contributed by atoms with Crippen LogP contribution in [0.1, 0.15) is 6.92 Å². The number of benzene rings is 1. The molecule has 1 aromatic rings. The number of halogens is 1. The molecular weight excluding hydrogens is 285 g/mol. The van der Waals surface area contributed by atoms with Gasteiger partial charge < -0.3 is 9.64 Å². The van der Waals surface area contributed by atoms with E-state index in [0.717, 1.165) is 12.1 Å². The number of nitrogens with zero attached hydrogens (tertiary/aromatic N) is 1. The van der Waals surface area contributed by atoms with Crippen LogP contribution in [-0.2, 0) is 19.4 Å². The summed E-state index contributed by atoms with van der Waals surface area (Å²) in [7, 11) is -3.51. The van der Waals surface area contributed by atoms with Gasteiger partial charge in [0, 0.05) is 19.7 Å². The Balaban J connectivity index is 1.97. The fourth-order valence-electron chi connectivity index (χ4n) is 1.94. The molecule has 0 spiro atoms. The quantitative estimate of drug-likeness (QED) is 0.756. The first-order valence-corrected chi connectivity index (χ1v) is 7.84. The molecule has 0 atom stereocenters. The van der Waals surface area contributed by atoms with Crippen molar-refractivity contribution in [1.29, 1.82) is 0 Å². The van der Waals surface area contributed by atoms with Gasteiger partial charge in [-0.2, -0.15) is 0 Å². The topological polar surface area (TPSA) is 63.7 Å². The number of amides is 1. The SMILES string of the molecule is CCOCC(=O)N1CC(S(=O)(=O)c2ccc(F)cc2)C1. The second-order valence-corrected chi connectivity index (χ2v) is 6.78. The maximum absolute atomic E-state index is 12.8. The van der Waals surface area contributed by atoms with Crippen molar-refractivity contribution in [2.75, 3.05) is 26.3 Å². The van der Waals surface area contributed by atoms with Crippen LogP contribution in [0.25, 0.3) is 0 Å². The summed E-state index contributed by atoms with van der Waals surface area (Å²) in [6.45, 7) is 2.51. The van der Waals surface area contributed by atoms with Crippen LogP contribution in [-0.4, -0.2) is 50.8 Å². The van der Waals surface area contributed by atoms with Gasteiger partial charge in [0.15, 0.2) is 9.84 Å². The molecule has 110 valence electrons. The smallest absolute Gasteiger partial charge is 0.248 e. The van der Waals surface area contributed by atoms with Gasteiger partial charge in [0.05, 0.1) is 4.90 Å². The van der Waals surface area contributed by atoms with Crippen LogP contribution in [0, 0.1) is 5.82 Å². The Morgan fingerprint density at radius 1 is 1.35 bits per heavy atom. The van der Waals surface area contributed by atoms with E-state index in [1.54, 1.807) is 6.92 Å². The van der Waals surface area contributed by atoms with E-state index in [1.165, 1.54) is 17.0 Å². The highest BCUT2D eigenvalue weighted by Crippen LogP contribution is 2.24. The van der Waals surface area contributed by atoms with Gasteiger partial charge in [-0.3, -0.25) is 4.79 Å². The minimum atomic E-state index is -3.51. The summed E-state index contributed by atoms with van der Waals surface area (Å²) < 4.78 is 42.2. The highest BCUT2D eigenvalue weighted by atomic mass is 32.2. The van der Waals surface area contributed by atoms with E-state index >= 15 is 0 Å². The number of ether oxygens (including phenoxy) is 1. The first-order chi connectivity index (χ1) is 9.45. The number of hydrogen-bond donors (Lipinski definition) is 0. The van der Waals surface area contributed by atoms with Crippen molar-refractivity contribution in [1.82, 2.24) is 4.90 Å². The minimum Gasteiger partial charge on any atom is -0.372 e. The molecular formula is C13H16FNO4S. The van der Waals surface area contributed by atoms with Crippen LogP contribution < -0.4 is 0 Å². The van der Waals surface area contributed by atoms with Gasteiger partial charge >= 0.3 is 0 Å². The summed E-state index contributed by atoms with van der Waals surface area (Å²) in [5.74, 6) is -0.691. The molecule has 1 aromatic carbocycles. The average Bonchev–Trinajstić information content (AvgIpc) is 2.34. The van der Waals surface area contributed by atoms with Gasteiger partial charge in [-0.15, -0.1) is 0 Å². The lowest BCUT2D eigenvalue weighted by atomic mass is 10.2. The third-order valence-corrected chi connectivity index (χ3v) is 5.32. The predicted octanol–water partition coefficient (Wildman–Crippen LogP) is 0.847. The van der Waals surface area contributed by atoms with Crippen LogP contribution in [0.5, 0.6) is 0 Å². The third kappa shape index (κ3) is 2.99. The van der Waals surface area contributed by atoms with Crippen molar-refractivity contribution < 1.29 is 22.3 Å². The van der Waals surface area contributed by atoms with Gasteiger partial charge in [-0.05, 0) is 31.2 Å². The van der Waals surface area contributed by atoms with Crippen LogP contribution >= 0.6 is 0 Å². The normalized spacial score (nSPS) is 16.0. The Hall–Kier alpha value is -1.47. The highest BCUT2D eigenvalue weighted by Gasteiger charge is 2.40. The van der Waals surface area contributed by atoms with Crippen LogP contribution in [0.15, 0.2) is 29.2 Å². The Bertz CT molecular complexity index is 579. The van der Waals surface area contributed by atoms with Gasteiger partial charge in [0.25, 0.3) is 0 Å². The van der Waals surface area contributed by atoms with E-state index < -0.39 is 20.9 Å². The summed E-state index contributed by atoms with van der Waals surface area (Å²) in [6.07, 6.45) is 0. The largest absolute Gasteiger partial charge is 0.372 e. The van der Waals surface area contributed by atoms with Gasteiger partial charge in [-0.1, -0.05) is 0 Å². The lowest BCUT2D eigenvalue weighted by molar-refractivity contribution is -0.139. The van der Waals surface area contributed by atoms with E-state index in [2.05, 4.69) is 0 Å². The zero-order valence-electron chi connectivity index (χ0n) is 11.1. The molecule has 0 unspecified atom stereocenters. The number of carbonyl (C=O) groups excluding carboxylic acids is 1. The second kappa shape index (κ2) is 5.88. The van der Waals surface area contributed by atoms with E-state index in [4.69, 9.17) is 4.74 Å². The molecule has 1 aliphatic heterocycles. The molecule has 0 aromatic heterocycles. The molecule has 0 aliphatic carbocycles. The second-order valence-electron chi connectivity index (χ2n) is 4.56. The molecule has 0 saturated carbocycles. The molecule has 0 bridgehead atoms. The number of sulfone groups is 1. The lowest BCUT2D eigenvalue weighted by Gasteiger charge is -2.38. The van der Waals surface area contributed by atoms with Crippen LogP contribution in [0.2, 0.25) is 0 Å². The van der Waals surface area contributed by atoms with Crippen molar-refractivity contribution in [3.05, 3.63) is 30.1 Å². The van der Waals surface area contributed by atoms with Gasteiger partial charge in [0.2, 0.25) is 5.91 Å². The monoisotopic (exact) mass is 301 g/mol. The van der Waals surface area contributed by atoms with Crippen LogP contribution in [0.4, 0.5) is 4.39 Å².